The number of nitrogen functional groups attached to an aromatic ring is 1. The number of hydrogen-bond donors (Lipinski definition) is 2. The minimum absolute atomic E-state index is 0.434. The third kappa shape index (κ3) is 1.86. The van der Waals surface area contributed by atoms with Crippen molar-refractivity contribution in [2.45, 2.75) is 6.42 Å². The van der Waals surface area contributed by atoms with E-state index in [1.165, 1.54) is 0 Å². The van der Waals surface area contributed by atoms with Gasteiger partial charge in [-0.1, -0.05) is 11.6 Å². The van der Waals surface area contributed by atoms with Gasteiger partial charge in [0.05, 0.1) is 23.9 Å². The molecule has 1 aromatic carbocycles. The molecule has 3 N–H and O–H groups in total. The largest absolute Gasteiger partial charge is 0.489 e. The van der Waals surface area contributed by atoms with Crippen molar-refractivity contribution in [3.05, 3.63) is 23.2 Å². The van der Waals surface area contributed by atoms with E-state index in [0.717, 1.165) is 17.7 Å². The molecule has 18 heavy (non-hydrogen) atoms. The summed E-state index contributed by atoms with van der Waals surface area (Å²) in [5.41, 5.74) is 7.24. The Morgan fingerprint density at radius 3 is 2.72 bits per heavy atom. The van der Waals surface area contributed by atoms with Crippen molar-refractivity contribution in [2.75, 3.05) is 18.9 Å². The van der Waals surface area contributed by atoms with Gasteiger partial charge in [0.2, 0.25) is 0 Å². The molecule has 1 aliphatic rings. The van der Waals surface area contributed by atoms with E-state index in [1.807, 2.05) is 6.07 Å². The molecule has 0 saturated carbocycles. The van der Waals surface area contributed by atoms with Crippen LogP contribution in [0.2, 0.25) is 5.02 Å². The summed E-state index contributed by atoms with van der Waals surface area (Å²) in [5.74, 6) is 1.66. The fourth-order valence-corrected chi connectivity index (χ4v) is 2.11. The maximum atomic E-state index is 6.12. The lowest BCUT2D eigenvalue weighted by Gasteiger charge is -2.12. The Hall–Kier alpha value is -1.88. The number of H-pyrrole nitrogens is 1. The standard InChI is InChI=1S/C12H12ClN3O2/c13-8-3-2-7(9-6-10(14)16-15-9)11-12(8)18-5-1-4-17-11/h2-3,6H,1,4-5H2,(H3,14,15,16). The third-order valence-electron chi connectivity index (χ3n) is 2.73. The van der Waals surface area contributed by atoms with Crippen LogP contribution in [0.25, 0.3) is 11.3 Å². The van der Waals surface area contributed by atoms with E-state index in [1.54, 1.807) is 12.1 Å². The molecule has 0 fully saturated rings. The van der Waals surface area contributed by atoms with Crippen molar-refractivity contribution in [1.82, 2.24) is 10.2 Å². The van der Waals surface area contributed by atoms with Crippen molar-refractivity contribution < 1.29 is 9.47 Å². The number of ether oxygens (including phenoxy) is 2. The first-order chi connectivity index (χ1) is 8.75. The molecule has 0 unspecified atom stereocenters. The number of nitrogens with zero attached hydrogens (tertiary/aromatic N) is 1. The lowest BCUT2D eigenvalue weighted by molar-refractivity contribution is 0.297. The summed E-state index contributed by atoms with van der Waals surface area (Å²) in [6.07, 6.45) is 0.829. The Labute approximate surface area is 109 Å². The molecule has 0 spiro atoms. The van der Waals surface area contributed by atoms with Crippen molar-refractivity contribution in [2.24, 2.45) is 0 Å². The molecule has 1 aromatic heterocycles. The number of halogens is 1. The second-order valence-electron chi connectivity index (χ2n) is 4.01. The molecule has 3 rings (SSSR count). The summed E-state index contributed by atoms with van der Waals surface area (Å²) in [7, 11) is 0. The highest BCUT2D eigenvalue weighted by Crippen LogP contribution is 2.43. The van der Waals surface area contributed by atoms with Crippen LogP contribution in [0.5, 0.6) is 11.5 Å². The van der Waals surface area contributed by atoms with Crippen LogP contribution in [0.3, 0.4) is 0 Å². The molecule has 2 aromatic rings. The van der Waals surface area contributed by atoms with Crippen LogP contribution in [-0.2, 0) is 0 Å². The van der Waals surface area contributed by atoms with Gasteiger partial charge in [0, 0.05) is 18.1 Å². The van der Waals surface area contributed by atoms with Crippen LogP contribution in [0.4, 0.5) is 5.82 Å². The van der Waals surface area contributed by atoms with Gasteiger partial charge in [-0.2, -0.15) is 5.10 Å². The Morgan fingerprint density at radius 2 is 2.00 bits per heavy atom. The number of nitrogens with one attached hydrogen (secondary N) is 1. The van der Waals surface area contributed by atoms with Crippen LogP contribution in [0.15, 0.2) is 18.2 Å². The molecule has 0 bridgehead atoms. The maximum absolute atomic E-state index is 6.12. The van der Waals surface area contributed by atoms with Gasteiger partial charge in [-0.15, -0.1) is 0 Å². The number of hydrogen-bond acceptors (Lipinski definition) is 4. The minimum atomic E-state index is 0.434. The number of nitrogens with two attached hydrogens (primary N) is 1. The van der Waals surface area contributed by atoms with Crippen LogP contribution >= 0.6 is 11.6 Å². The zero-order chi connectivity index (χ0) is 12.5. The first-order valence-corrected chi connectivity index (χ1v) is 6.03. The normalized spacial score (nSPS) is 14.3. The van der Waals surface area contributed by atoms with E-state index in [2.05, 4.69) is 10.2 Å². The lowest BCUT2D eigenvalue weighted by Crippen LogP contribution is -1.98. The smallest absolute Gasteiger partial charge is 0.180 e. The SMILES string of the molecule is Nc1cc(-c2ccc(Cl)c3c2OCCCO3)[nH]n1. The van der Waals surface area contributed by atoms with Gasteiger partial charge >= 0.3 is 0 Å². The van der Waals surface area contributed by atoms with Gasteiger partial charge in [-0.3, -0.25) is 5.10 Å². The molecule has 1 aliphatic heterocycles. The average molecular weight is 266 g/mol. The summed E-state index contributed by atoms with van der Waals surface area (Å²) in [6.45, 7) is 1.20. The monoisotopic (exact) mass is 265 g/mol. The number of anilines is 1. The maximum Gasteiger partial charge on any atom is 0.180 e. The second kappa shape index (κ2) is 4.42. The molecule has 0 aliphatic carbocycles. The fourth-order valence-electron chi connectivity index (χ4n) is 1.91. The third-order valence-corrected chi connectivity index (χ3v) is 3.03. The molecule has 0 atom stereocenters. The number of benzene rings is 1. The highest BCUT2D eigenvalue weighted by molar-refractivity contribution is 6.32. The van der Waals surface area contributed by atoms with Crippen molar-refractivity contribution in [3.8, 4) is 22.8 Å². The Balaban J connectivity index is 2.15. The molecule has 0 amide bonds. The quantitative estimate of drug-likeness (QED) is 0.831. The van der Waals surface area contributed by atoms with Crippen LogP contribution in [0, 0.1) is 0 Å². The summed E-state index contributed by atoms with van der Waals surface area (Å²) in [6, 6.07) is 5.39. The molecular weight excluding hydrogens is 254 g/mol. The van der Waals surface area contributed by atoms with E-state index in [4.69, 9.17) is 26.8 Å². The topological polar surface area (TPSA) is 73.2 Å². The molecule has 6 heteroatoms. The lowest BCUT2D eigenvalue weighted by atomic mass is 10.1. The highest BCUT2D eigenvalue weighted by Gasteiger charge is 2.20. The zero-order valence-corrected chi connectivity index (χ0v) is 10.3. The second-order valence-corrected chi connectivity index (χ2v) is 4.42. The molecule has 5 nitrogen and oxygen atoms in total. The first kappa shape index (κ1) is 11.2. The van der Waals surface area contributed by atoms with E-state index >= 15 is 0 Å². The van der Waals surface area contributed by atoms with E-state index in [0.29, 0.717) is 35.6 Å². The van der Waals surface area contributed by atoms with Gasteiger partial charge in [0.25, 0.3) is 0 Å². The molecule has 0 saturated heterocycles. The fraction of sp³-hybridized carbons (Fsp3) is 0.250. The van der Waals surface area contributed by atoms with Gasteiger partial charge in [0.15, 0.2) is 11.5 Å². The highest BCUT2D eigenvalue weighted by atomic mass is 35.5. The molecule has 0 radical (unpaired) electrons. The minimum Gasteiger partial charge on any atom is -0.489 e. The van der Waals surface area contributed by atoms with Crippen molar-refractivity contribution >= 4 is 17.4 Å². The van der Waals surface area contributed by atoms with E-state index < -0.39 is 0 Å². The van der Waals surface area contributed by atoms with Gasteiger partial charge in [-0.25, -0.2) is 0 Å². The molecule has 94 valence electrons. The van der Waals surface area contributed by atoms with E-state index in [9.17, 15) is 0 Å². The summed E-state index contributed by atoms with van der Waals surface area (Å²) < 4.78 is 11.4. The van der Waals surface area contributed by atoms with Crippen LogP contribution in [0.1, 0.15) is 6.42 Å². The number of aromatic amines is 1. The summed E-state index contributed by atoms with van der Waals surface area (Å²) in [5, 5.41) is 7.31. The first-order valence-electron chi connectivity index (χ1n) is 5.65. The van der Waals surface area contributed by atoms with Gasteiger partial charge in [-0.05, 0) is 12.1 Å². The summed E-state index contributed by atoms with van der Waals surface area (Å²) >= 11 is 6.12. The average Bonchev–Trinajstić information content (AvgIpc) is 2.64. The predicted molar refractivity (Wildman–Crippen MR) is 69.1 cm³/mol. The molecular formula is C12H12ClN3O2. The Kier molecular flexibility index (Phi) is 2.76. The van der Waals surface area contributed by atoms with Gasteiger partial charge < -0.3 is 15.2 Å². The van der Waals surface area contributed by atoms with Crippen LogP contribution in [-0.4, -0.2) is 23.4 Å². The van der Waals surface area contributed by atoms with Crippen molar-refractivity contribution in [1.29, 1.82) is 0 Å². The summed E-state index contributed by atoms with van der Waals surface area (Å²) in [4.78, 5) is 0. The van der Waals surface area contributed by atoms with E-state index in [-0.39, 0.29) is 0 Å². The van der Waals surface area contributed by atoms with Crippen LogP contribution < -0.4 is 15.2 Å². The number of fused-ring (bicyclic) bond motifs is 1. The van der Waals surface area contributed by atoms with Crippen molar-refractivity contribution in [3.63, 3.8) is 0 Å². The zero-order valence-electron chi connectivity index (χ0n) is 9.57. The van der Waals surface area contributed by atoms with Gasteiger partial charge in [0.1, 0.15) is 5.82 Å². The number of aromatic nitrogens is 2. The predicted octanol–water partition coefficient (Wildman–Crippen LogP) is 2.47. The molecule has 2 heterocycles. The number of rotatable bonds is 1. The Morgan fingerprint density at radius 1 is 1.22 bits per heavy atom. The Bertz CT molecular complexity index is 583.